The zero-order valence-electron chi connectivity index (χ0n) is 17.2. The highest BCUT2D eigenvalue weighted by Crippen LogP contribution is 2.25. The number of hydrogen-bond acceptors (Lipinski definition) is 9. The maximum atomic E-state index is 11.8. The lowest BCUT2D eigenvalue weighted by atomic mass is 10.2. The summed E-state index contributed by atoms with van der Waals surface area (Å²) < 4.78 is 0. The van der Waals surface area contributed by atoms with E-state index in [1.54, 1.807) is 35.8 Å². The first-order valence-electron chi connectivity index (χ1n) is 9.85. The highest BCUT2D eigenvalue weighted by atomic mass is 35.5. The minimum absolute atomic E-state index is 0.0567. The molecule has 2 amide bonds. The van der Waals surface area contributed by atoms with Crippen molar-refractivity contribution in [1.82, 2.24) is 35.1 Å². The summed E-state index contributed by atoms with van der Waals surface area (Å²) in [5, 5.41) is 15.4. The molecule has 1 saturated heterocycles. The molecular formula is C20H20ClN9OS. The number of nitriles is 1. The van der Waals surface area contributed by atoms with Crippen molar-refractivity contribution in [2.24, 2.45) is 0 Å². The monoisotopic (exact) mass is 469 g/mol. The molecule has 0 atom stereocenters. The second-order valence-corrected chi connectivity index (χ2v) is 8.26. The molecule has 10 nitrogen and oxygen atoms in total. The zero-order chi connectivity index (χ0) is 22.5. The number of piperazine rings is 1. The lowest BCUT2D eigenvalue weighted by molar-refractivity contribution is 0.135. The molecule has 0 aromatic carbocycles. The van der Waals surface area contributed by atoms with E-state index in [0.29, 0.717) is 52.7 Å². The lowest BCUT2D eigenvalue weighted by Crippen LogP contribution is -2.50. The first-order chi connectivity index (χ1) is 15.6. The van der Waals surface area contributed by atoms with Crippen LogP contribution in [0.3, 0.4) is 0 Å². The van der Waals surface area contributed by atoms with E-state index in [2.05, 4.69) is 41.5 Å². The Morgan fingerprint density at radius 2 is 2.06 bits per heavy atom. The van der Waals surface area contributed by atoms with Crippen LogP contribution in [0.15, 0.2) is 29.9 Å². The number of nitrogens with one attached hydrogen (secondary N) is 2. The van der Waals surface area contributed by atoms with Crippen molar-refractivity contribution >= 4 is 40.6 Å². The number of rotatable bonds is 5. The van der Waals surface area contributed by atoms with Crippen molar-refractivity contribution in [3.8, 4) is 17.5 Å². The Hall–Kier alpha value is -3.33. The van der Waals surface area contributed by atoms with Gasteiger partial charge in [-0.05, 0) is 18.2 Å². The van der Waals surface area contributed by atoms with Crippen molar-refractivity contribution in [3.63, 3.8) is 0 Å². The van der Waals surface area contributed by atoms with Crippen molar-refractivity contribution in [1.29, 1.82) is 5.26 Å². The predicted octanol–water partition coefficient (Wildman–Crippen LogP) is 2.72. The highest BCUT2D eigenvalue weighted by Gasteiger charge is 2.21. The van der Waals surface area contributed by atoms with E-state index in [1.165, 1.54) is 11.3 Å². The van der Waals surface area contributed by atoms with Crippen LogP contribution in [-0.2, 0) is 6.54 Å². The second-order valence-electron chi connectivity index (χ2n) is 7.02. The molecule has 2 N–H and O–H groups in total. The van der Waals surface area contributed by atoms with Crippen LogP contribution < -0.4 is 10.6 Å². The van der Waals surface area contributed by atoms with E-state index in [9.17, 15) is 10.1 Å². The molecule has 0 saturated carbocycles. The Kier molecular flexibility index (Phi) is 6.75. The molecule has 0 bridgehead atoms. The summed E-state index contributed by atoms with van der Waals surface area (Å²) in [6.07, 6.45) is 1.61. The minimum Gasteiger partial charge on any atom is -0.341 e. The van der Waals surface area contributed by atoms with Gasteiger partial charge in [0.1, 0.15) is 21.8 Å². The summed E-state index contributed by atoms with van der Waals surface area (Å²) in [5.74, 6) is 0.367. The number of amides is 2. The smallest absolute Gasteiger partial charge is 0.317 e. The van der Waals surface area contributed by atoms with E-state index in [4.69, 9.17) is 11.6 Å². The van der Waals surface area contributed by atoms with Gasteiger partial charge < -0.3 is 15.5 Å². The molecule has 0 aliphatic carbocycles. The van der Waals surface area contributed by atoms with Gasteiger partial charge in [-0.25, -0.2) is 24.7 Å². The summed E-state index contributed by atoms with van der Waals surface area (Å²) in [6.45, 7) is 3.44. The number of thiazole rings is 1. The average molecular weight is 470 g/mol. The zero-order valence-corrected chi connectivity index (χ0v) is 18.8. The third-order valence-electron chi connectivity index (χ3n) is 4.93. The number of nitrogens with zero attached hydrogens (tertiary/aromatic N) is 7. The molecule has 1 aliphatic rings. The molecule has 0 spiro atoms. The van der Waals surface area contributed by atoms with E-state index in [0.717, 1.165) is 18.8 Å². The summed E-state index contributed by atoms with van der Waals surface area (Å²) >= 11 is 7.52. The molecule has 3 aromatic rings. The van der Waals surface area contributed by atoms with Crippen LogP contribution in [0.2, 0.25) is 5.15 Å². The Balaban J connectivity index is 1.45. The van der Waals surface area contributed by atoms with Crippen molar-refractivity contribution in [3.05, 3.63) is 45.6 Å². The fraction of sp³-hybridized carbons (Fsp3) is 0.300. The number of aromatic nitrogens is 4. The van der Waals surface area contributed by atoms with Crippen LogP contribution >= 0.6 is 22.9 Å². The van der Waals surface area contributed by atoms with Gasteiger partial charge in [-0.1, -0.05) is 11.6 Å². The third-order valence-corrected chi connectivity index (χ3v) is 5.85. The van der Waals surface area contributed by atoms with Gasteiger partial charge in [-0.15, -0.1) is 11.3 Å². The van der Waals surface area contributed by atoms with Crippen LogP contribution in [0.25, 0.3) is 11.4 Å². The SMILES string of the molecule is CNC(=O)N1CCN(Cc2cc(Nc3nccc(-c4ncsc4C#N)n3)cc(Cl)n2)CC1. The van der Waals surface area contributed by atoms with E-state index in [1.807, 2.05) is 6.07 Å². The van der Waals surface area contributed by atoms with Gasteiger partial charge in [0.15, 0.2) is 0 Å². The van der Waals surface area contributed by atoms with Crippen LogP contribution in [0.5, 0.6) is 0 Å². The number of pyridine rings is 1. The van der Waals surface area contributed by atoms with Crippen LogP contribution in [0, 0.1) is 11.3 Å². The Labute approximate surface area is 193 Å². The fourth-order valence-corrected chi connectivity index (χ4v) is 4.20. The Morgan fingerprint density at radius 3 is 2.81 bits per heavy atom. The average Bonchev–Trinajstić information content (AvgIpc) is 3.28. The number of carbonyl (C=O) groups is 1. The predicted molar refractivity (Wildman–Crippen MR) is 122 cm³/mol. The number of halogens is 1. The Morgan fingerprint density at radius 1 is 1.25 bits per heavy atom. The van der Waals surface area contributed by atoms with Crippen LogP contribution in [0.4, 0.5) is 16.4 Å². The molecular weight excluding hydrogens is 450 g/mol. The van der Waals surface area contributed by atoms with E-state index in [-0.39, 0.29) is 6.03 Å². The van der Waals surface area contributed by atoms with Gasteiger partial charge in [0.05, 0.1) is 16.9 Å². The van der Waals surface area contributed by atoms with Crippen molar-refractivity contribution < 1.29 is 4.79 Å². The number of hydrogen-bond donors (Lipinski definition) is 2. The Bertz CT molecular complexity index is 1150. The molecule has 164 valence electrons. The minimum atomic E-state index is -0.0567. The standard InChI is InChI=1S/C20H20ClN9OS/c1-23-20(31)30-6-4-29(5-7-30)11-14-8-13(9-17(21)26-14)27-19-24-3-2-15(28-19)18-16(10-22)32-12-25-18/h2-3,8-9,12H,4-7,11H2,1H3,(H,23,31)(H,24,26,27,28). The van der Waals surface area contributed by atoms with Gasteiger partial charge in [0, 0.05) is 51.7 Å². The van der Waals surface area contributed by atoms with Crippen LogP contribution in [0.1, 0.15) is 10.6 Å². The van der Waals surface area contributed by atoms with E-state index >= 15 is 0 Å². The molecule has 0 unspecified atom stereocenters. The lowest BCUT2D eigenvalue weighted by Gasteiger charge is -2.34. The molecule has 0 radical (unpaired) electrons. The van der Waals surface area contributed by atoms with Gasteiger partial charge in [-0.2, -0.15) is 5.26 Å². The van der Waals surface area contributed by atoms with Crippen molar-refractivity contribution in [2.45, 2.75) is 6.54 Å². The summed E-state index contributed by atoms with van der Waals surface area (Å²) in [5.41, 5.74) is 4.23. The first-order valence-corrected chi connectivity index (χ1v) is 11.1. The third kappa shape index (κ3) is 5.11. The van der Waals surface area contributed by atoms with Gasteiger partial charge in [0.2, 0.25) is 5.95 Å². The summed E-state index contributed by atoms with van der Waals surface area (Å²) in [7, 11) is 1.64. The quantitative estimate of drug-likeness (QED) is 0.547. The first kappa shape index (κ1) is 21.9. The second kappa shape index (κ2) is 9.86. The maximum absolute atomic E-state index is 11.8. The molecule has 3 aromatic heterocycles. The molecule has 1 fully saturated rings. The van der Waals surface area contributed by atoms with Crippen LogP contribution in [-0.4, -0.2) is 69.0 Å². The maximum Gasteiger partial charge on any atom is 0.317 e. The normalized spacial score (nSPS) is 14.1. The molecule has 32 heavy (non-hydrogen) atoms. The fourth-order valence-electron chi connectivity index (χ4n) is 3.39. The summed E-state index contributed by atoms with van der Waals surface area (Å²) in [6, 6.07) is 7.39. The topological polar surface area (TPSA) is 123 Å². The molecule has 4 heterocycles. The van der Waals surface area contributed by atoms with Gasteiger partial charge >= 0.3 is 6.03 Å². The summed E-state index contributed by atoms with van der Waals surface area (Å²) in [4.78, 5) is 33.7. The van der Waals surface area contributed by atoms with E-state index < -0.39 is 0 Å². The largest absolute Gasteiger partial charge is 0.341 e. The molecule has 12 heteroatoms. The molecule has 1 aliphatic heterocycles. The molecule has 4 rings (SSSR count). The van der Waals surface area contributed by atoms with Gasteiger partial charge in [0.25, 0.3) is 0 Å². The number of anilines is 2. The highest BCUT2D eigenvalue weighted by molar-refractivity contribution is 7.10. The van der Waals surface area contributed by atoms with Crippen molar-refractivity contribution in [2.75, 3.05) is 38.5 Å². The number of carbonyl (C=O) groups excluding carboxylic acids is 1. The van der Waals surface area contributed by atoms with Gasteiger partial charge in [-0.3, -0.25) is 4.90 Å². The number of urea groups is 1.